The maximum absolute atomic E-state index is 15.5. The second-order valence-corrected chi connectivity index (χ2v) is 6.60. The van der Waals surface area contributed by atoms with Crippen LogP contribution in [0.4, 0.5) is 17.6 Å². The summed E-state index contributed by atoms with van der Waals surface area (Å²) in [6, 6.07) is 8.64. The van der Waals surface area contributed by atoms with Crippen LogP contribution in [0.2, 0.25) is 0 Å². The smallest absolute Gasteiger partial charge is 0.380 e. The van der Waals surface area contributed by atoms with E-state index >= 15 is 4.39 Å². The van der Waals surface area contributed by atoms with Crippen molar-refractivity contribution in [2.75, 3.05) is 7.11 Å². The highest BCUT2D eigenvalue weighted by molar-refractivity contribution is 5.41. The molecule has 1 aliphatic rings. The molecule has 0 bridgehead atoms. The van der Waals surface area contributed by atoms with Gasteiger partial charge in [0.15, 0.2) is 0 Å². The monoisotopic (exact) mass is 341 g/mol. The SMILES string of the molecule is COCc1ccc(C(C#N)C2(F)C(C=CC(F)(F)F)C2(C)C)cc1. The molecule has 0 aliphatic heterocycles. The Bertz CT molecular complexity index is 657. The van der Waals surface area contributed by atoms with Crippen LogP contribution in [0.1, 0.15) is 30.9 Å². The van der Waals surface area contributed by atoms with E-state index in [0.717, 1.165) is 11.6 Å². The minimum Gasteiger partial charge on any atom is -0.380 e. The zero-order valence-corrected chi connectivity index (χ0v) is 13.7. The molecule has 130 valence electrons. The Morgan fingerprint density at radius 1 is 1.29 bits per heavy atom. The quantitative estimate of drug-likeness (QED) is 0.562. The van der Waals surface area contributed by atoms with Crippen LogP contribution in [0.25, 0.3) is 0 Å². The van der Waals surface area contributed by atoms with Gasteiger partial charge < -0.3 is 4.74 Å². The predicted molar refractivity (Wildman–Crippen MR) is 81.8 cm³/mol. The third-order valence-electron chi connectivity index (χ3n) is 4.79. The van der Waals surface area contributed by atoms with Gasteiger partial charge in [0.1, 0.15) is 11.6 Å². The molecule has 0 heterocycles. The molecule has 3 atom stereocenters. The van der Waals surface area contributed by atoms with Gasteiger partial charge in [-0.15, -0.1) is 0 Å². The Morgan fingerprint density at radius 2 is 1.88 bits per heavy atom. The molecule has 6 heteroatoms. The topological polar surface area (TPSA) is 33.0 Å². The number of hydrogen-bond donors (Lipinski definition) is 0. The van der Waals surface area contributed by atoms with Crippen molar-refractivity contribution in [1.29, 1.82) is 5.26 Å². The van der Waals surface area contributed by atoms with Gasteiger partial charge in [-0.1, -0.05) is 44.2 Å². The zero-order valence-electron chi connectivity index (χ0n) is 13.7. The van der Waals surface area contributed by atoms with Crippen LogP contribution in [0.5, 0.6) is 0 Å². The lowest BCUT2D eigenvalue weighted by molar-refractivity contribution is -0.0801. The fourth-order valence-corrected chi connectivity index (χ4v) is 3.30. The van der Waals surface area contributed by atoms with Crippen molar-refractivity contribution in [3.63, 3.8) is 0 Å². The second-order valence-electron chi connectivity index (χ2n) is 6.60. The van der Waals surface area contributed by atoms with Crippen molar-refractivity contribution in [3.8, 4) is 6.07 Å². The van der Waals surface area contributed by atoms with Crippen LogP contribution in [-0.4, -0.2) is 19.0 Å². The van der Waals surface area contributed by atoms with E-state index in [1.165, 1.54) is 0 Å². The Kier molecular flexibility index (Phi) is 4.78. The van der Waals surface area contributed by atoms with E-state index in [1.807, 2.05) is 6.07 Å². The third-order valence-corrected chi connectivity index (χ3v) is 4.79. The van der Waals surface area contributed by atoms with Gasteiger partial charge >= 0.3 is 6.18 Å². The molecule has 1 saturated carbocycles. The van der Waals surface area contributed by atoms with Crippen LogP contribution >= 0.6 is 0 Å². The number of nitriles is 1. The average Bonchev–Trinajstić information content (AvgIpc) is 2.92. The van der Waals surface area contributed by atoms with Gasteiger partial charge in [0.05, 0.1) is 12.7 Å². The second kappa shape index (κ2) is 6.21. The lowest BCUT2D eigenvalue weighted by atomic mass is 9.88. The molecule has 0 radical (unpaired) electrons. The van der Waals surface area contributed by atoms with Crippen molar-refractivity contribution >= 4 is 0 Å². The summed E-state index contributed by atoms with van der Waals surface area (Å²) in [5, 5.41) is 9.44. The number of benzene rings is 1. The minimum atomic E-state index is -4.50. The van der Waals surface area contributed by atoms with Gasteiger partial charge in [0.25, 0.3) is 0 Å². The summed E-state index contributed by atoms with van der Waals surface area (Å²) >= 11 is 0. The zero-order chi connectivity index (χ0) is 18.2. The Morgan fingerprint density at radius 3 is 2.33 bits per heavy atom. The number of methoxy groups -OCH3 is 1. The van der Waals surface area contributed by atoms with Gasteiger partial charge in [-0.25, -0.2) is 4.39 Å². The number of allylic oxidation sites excluding steroid dienone is 2. The Balaban J connectivity index is 2.29. The van der Waals surface area contributed by atoms with E-state index in [1.54, 1.807) is 45.2 Å². The fraction of sp³-hybridized carbons (Fsp3) is 0.500. The number of alkyl halides is 4. The van der Waals surface area contributed by atoms with E-state index in [2.05, 4.69) is 0 Å². The van der Waals surface area contributed by atoms with Crippen molar-refractivity contribution in [2.45, 2.75) is 38.2 Å². The lowest BCUT2D eigenvalue weighted by Gasteiger charge is -2.18. The fourth-order valence-electron chi connectivity index (χ4n) is 3.30. The highest BCUT2D eigenvalue weighted by Gasteiger charge is 2.75. The maximum atomic E-state index is 15.5. The van der Waals surface area contributed by atoms with E-state index < -0.39 is 29.1 Å². The van der Waals surface area contributed by atoms with Crippen LogP contribution < -0.4 is 0 Å². The largest absolute Gasteiger partial charge is 0.409 e. The normalized spacial score (nSPS) is 27.0. The molecular formula is C18H19F4NO. The van der Waals surface area contributed by atoms with Crippen molar-refractivity contribution in [1.82, 2.24) is 0 Å². The molecule has 1 aliphatic carbocycles. The van der Waals surface area contributed by atoms with Crippen LogP contribution in [0.3, 0.4) is 0 Å². The lowest BCUT2D eigenvalue weighted by Crippen LogP contribution is -2.20. The van der Waals surface area contributed by atoms with E-state index in [0.29, 0.717) is 12.2 Å². The molecule has 2 rings (SSSR count). The predicted octanol–water partition coefficient (Wildman–Crippen LogP) is 4.92. The van der Waals surface area contributed by atoms with Gasteiger partial charge in [0.2, 0.25) is 0 Å². The summed E-state index contributed by atoms with van der Waals surface area (Å²) in [4.78, 5) is 0. The first-order chi connectivity index (χ1) is 11.1. The summed E-state index contributed by atoms with van der Waals surface area (Å²) < 4.78 is 57.6. The van der Waals surface area contributed by atoms with Gasteiger partial charge in [0, 0.05) is 24.5 Å². The molecule has 2 nitrogen and oxygen atoms in total. The summed E-state index contributed by atoms with van der Waals surface area (Å²) in [7, 11) is 1.55. The molecule has 0 saturated heterocycles. The number of halogens is 4. The molecule has 1 aromatic rings. The molecular weight excluding hydrogens is 322 g/mol. The van der Waals surface area contributed by atoms with Crippen molar-refractivity contribution in [2.24, 2.45) is 11.3 Å². The van der Waals surface area contributed by atoms with E-state index in [9.17, 15) is 18.4 Å². The minimum absolute atomic E-state index is 0.0524. The molecule has 0 aromatic heterocycles. The Labute approximate surface area is 138 Å². The number of hydrogen-bond acceptors (Lipinski definition) is 2. The number of rotatable bonds is 5. The van der Waals surface area contributed by atoms with Crippen LogP contribution in [0.15, 0.2) is 36.4 Å². The molecule has 3 unspecified atom stereocenters. The number of ether oxygens (including phenoxy) is 1. The van der Waals surface area contributed by atoms with Crippen molar-refractivity contribution in [3.05, 3.63) is 47.5 Å². The summed E-state index contributed by atoms with van der Waals surface area (Å²) in [6.07, 6.45) is -3.61. The van der Waals surface area contributed by atoms with Crippen molar-refractivity contribution < 1.29 is 22.3 Å². The van der Waals surface area contributed by atoms with Gasteiger partial charge in [-0.2, -0.15) is 18.4 Å². The van der Waals surface area contributed by atoms with E-state index in [4.69, 9.17) is 4.74 Å². The van der Waals surface area contributed by atoms with Gasteiger partial charge in [-0.05, 0) is 11.1 Å². The number of nitrogens with zero attached hydrogens (tertiary/aromatic N) is 1. The molecule has 24 heavy (non-hydrogen) atoms. The first kappa shape index (κ1) is 18.5. The first-order valence-corrected chi connectivity index (χ1v) is 7.50. The summed E-state index contributed by atoms with van der Waals surface area (Å²) in [5.74, 6) is -2.10. The third kappa shape index (κ3) is 3.18. The molecule has 0 N–H and O–H groups in total. The maximum Gasteiger partial charge on any atom is 0.409 e. The molecule has 0 spiro atoms. The molecule has 1 fully saturated rings. The standard InChI is InChI=1S/C18H19F4NO/c1-16(2)15(8-9-17(19,20)21)18(16,22)14(10-23)13-6-4-12(5-7-13)11-24-3/h4-9,14-15H,11H2,1-3H3. The van der Waals surface area contributed by atoms with Gasteiger partial charge in [-0.3, -0.25) is 0 Å². The van der Waals surface area contributed by atoms with E-state index in [-0.39, 0.29) is 6.08 Å². The average molecular weight is 341 g/mol. The molecule has 0 amide bonds. The van der Waals surface area contributed by atoms with Crippen LogP contribution in [-0.2, 0) is 11.3 Å². The highest BCUT2D eigenvalue weighted by Crippen LogP contribution is 2.70. The summed E-state index contributed by atoms with van der Waals surface area (Å²) in [5.41, 5.74) is -1.75. The summed E-state index contributed by atoms with van der Waals surface area (Å²) in [6.45, 7) is 3.48. The highest BCUT2D eigenvalue weighted by atomic mass is 19.4. The van der Waals surface area contributed by atoms with Crippen LogP contribution in [0, 0.1) is 22.7 Å². The Hall–Kier alpha value is -1.87. The first-order valence-electron chi connectivity index (χ1n) is 7.50. The molecule has 1 aromatic carbocycles.